The second-order valence-electron chi connectivity index (χ2n) is 3.65. The third kappa shape index (κ3) is 2.56. The monoisotopic (exact) mass is 281 g/mol. The van der Waals surface area contributed by atoms with E-state index in [1.807, 2.05) is 0 Å². The van der Waals surface area contributed by atoms with Crippen LogP contribution in [0, 0.1) is 24.1 Å². The van der Waals surface area contributed by atoms with E-state index in [9.17, 15) is 12.8 Å². The van der Waals surface area contributed by atoms with Gasteiger partial charge >= 0.3 is 0 Å². The van der Waals surface area contributed by atoms with Gasteiger partial charge in [0.25, 0.3) is 10.0 Å². The summed E-state index contributed by atoms with van der Waals surface area (Å²) in [6, 6.07) is 6.24. The van der Waals surface area contributed by atoms with Crippen LogP contribution in [0.3, 0.4) is 0 Å². The summed E-state index contributed by atoms with van der Waals surface area (Å²) in [4.78, 5) is -0.448. The van der Waals surface area contributed by atoms with E-state index < -0.39 is 26.3 Å². The molecule has 98 valence electrons. The van der Waals surface area contributed by atoms with Crippen LogP contribution in [0.15, 0.2) is 33.7 Å². The Morgan fingerprint density at radius 3 is 2.79 bits per heavy atom. The molecule has 0 aliphatic rings. The van der Waals surface area contributed by atoms with Gasteiger partial charge in [-0.3, -0.25) is 4.72 Å². The van der Waals surface area contributed by atoms with E-state index in [1.54, 1.807) is 6.92 Å². The van der Waals surface area contributed by atoms with Crippen molar-refractivity contribution in [3.63, 3.8) is 0 Å². The van der Waals surface area contributed by atoms with Crippen LogP contribution in [0.25, 0.3) is 0 Å². The maximum atomic E-state index is 13.4. The molecule has 1 heterocycles. The summed E-state index contributed by atoms with van der Waals surface area (Å²) >= 11 is 0. The van der Waals surface area contributed by atoms with Gasteiger partial charge in [-0.1, -0.05) is 11.2 Å². The Morgan fingerprint density at radius 1 is 1.47 bits per heavy atom. The summed E-state index contributed by atoms with van der Waals surface area (Å²) in [5.74, 6) is -0.523. The van der Waals surface area contributed by atoms with Crippen molar-refractivity contribution in [1.29, 1.82) is 5.26 Å². The van der Waals surface area contributed by atoms with Gasteiger partial charge in [-0.25, -0.2) is 12.8 Å². The van der Waals surface area contributed by atoms with Crippen LogP contribution >= 0.6 is 0 Å². The predicted octanol–water partition coefficient (Wildman–Crippen LogP) is 1.79. The molecule has 0 amide bonds. The van der Waals surface area contributed by atoms with E-state index in [0.717, 1.165) is 12.1 Å². The van der Waals surface area contributed by atoms with Crippen LogP contribution in [0.1, 0.15) is 11.3 Å². The fourth-order valence-electron chi connectivity index (χ4n) is 1.44. The normalized spacial score (nSPS) is 11.0. The summed E-state index contributed by atoms with van der Waals surface area (Å²) in [6.07, 6.45) is 0. The van der Waals surface area contributed by atoms with Gasteiger partial charge in [0.05, 0.1) is 0 Å². The number of hydrogen-bond acceptors (Lipinski definition) is 5. The molecule has 0 saturated heterocycles. The van der Waals surface area contributed by atoms with Crippen LogP contribution < -0.4 is 4.72 Å². The molecule has 19 heavy (non-hydrogen) atoms. The topological polar surface area (TPSA) is 96.0 Å². The lowest BCUT2D eigenvalue weighted by Crippen LogP contribution is -2.15. The van der Waals surface area contributed by atoms with Crippen molar-refractivity contribution in [2.24, 2.45) is 0 Å². The van der Waals surface area contributed by atoms with Gasteiger partial charge in [0, 0.05) is 6.07 Å². The van der Waals surface area contributed by atoms with Gasteiger partial charge in [-0.2, -0.15) is 5.26 Å². The molecule has 2 aromatic rings. The maximum Gasteiger partial charge on any atom is 0.264 e. The Balaban J connectivity index is 2.46. The molecule has 0 aliphatic heterocycles. The number of anilines is 1. The molecule has 0 unspecified atom stereocenters. The van der Waals surface area contributed by atoms with Gasteiger partial charge in [-0.15, -0.1) is 0 Å². The highest BCUT2D eigenvalue weighted by atomic mass is 32.2. The van der Waals surface area contributed by atoms with Crippen molar-refractivity contribution in [3.8, 4) is 6.07 Å². The Labute approximate surface area is 108 Å². The SMILES string of the molecule is Cc1cc(NS(=O)(=O)c2cccc(F)c2C#N)no1. The van der Waals surface area contributed by atoms with E-state index in [0.29, 0.717) is 5.76 Å². The van der Waals surface area contributed by atoms with Crippen LogP contribution in [-0.2, 0) is 10.0 Å². The molecule has 0 spiro atoms. The van der Waals surface area contributed by atoms with Crippen LogP contribution in [0.2, 0.25) is 0 Å². The smallest absolute Gasteiger partial charge is 0.264 e. The van der Waals surface area contributed by atoms with Crippen molar-refractivity contribution in [1.82, 2.24) is 5.16 Å². The highest BCUT2D eigenvalue weighted by Gasteiger charge is 2.22. The average Bonchev–Trinajstić information content (AvgIpc) is 2.73. The summed E-state index contributed by atoms with van der Waals surface area (Å²) < 4.78 is 44.3. The molecular formula is C11H8FN3O3S. The molecular weight excluding hydrogens is 273 g/mol. The second-order valence-corrected chi connectivity index (χ2v) is 5.30. The molecule has 1 N–H and O–H groups in total. The Hall–Kier alpha value is -2.40. The summed E-state index contributed by atoms with van der Waals surface area (Å²) in [5, 5.41) is 12.3. The quantitative estimate of drug-likeness (QED) is 0.925. The largest absolute Gasteiger partial charge is 0.360 e. The maximum absolute atomic E-state index is 13.4. The summed E-state index contributed by atoms with van der Waals surface area (Å²) in [5.41, 5.74) is -0.546. The molecule has 0 fully saturated rings. The fraction of sp³-hybridized carbons (Fsp3) is 0.0909. The first-order valence-electron chi connectivity index (χ1n) is 5.09. The molecule has 0 aliphatic carbocycles. The molecule has 0 atom stereocenters. The first kappa shape index (κ1) is 13.0. The van der Waals surface area contributed by atoms with E-state index in [-0.39, 0.29) is 5.82 Å². The van der Waals surface area contributed by atoms with Gasteiger partial charge < -0.3 is 4.52 Å². The Kier molecular flexibility index (Phi) is 3.23. The molecule has 6 nitrogen and oxygen atoms in total. The number of hydrogen-bond donors (Lipinski definition) is 1. The molecule has 2 rings (SSSR count). The Bertz CT molecular complexity index is 762. The van der Waals surface area contributed by atoms with Crippen molar-refractivity contribution in [3.05, 3.63) is 41.4 Å². The zero-order valence-corrected chi connectivity index (χ0v) is 10.5. The summed E-state index contributed by atoms with van der Waals surface area (Å²) in [7, 11) is -4.10. The molecule has 8 heteroatoms. The van der Waals surface area contributed by atoms with E-state index >= 15 is 0 Å². The van der Waals surface area contributed by atoms with Crippen LogP contribution in [0.5, 0.6) is 0 Å². The number of benzene rings is 1. The van der Waals surface area contributed by atoms with Gasteiger partial charge in [0.2, 0.25) is 0 Å². The molecule has 1 aromatic heterocycles. The molecule has 0 radical (unpaired) electrons. The first-order chi connectivity index (χ1) is 8.94. The number of aromatic nitrogens is 1. The minimum absolute atomic E-state index is 0.0364. The number of halogens is 1. The zero-order valence-electron chi connectivity index (χ0n) is 9.71. The number of nitriles is 1. The standard InChI is InChI=1S/C11H8FN3O3S/c1-7-5-11(14-18-7)15-19(16,17)10-4-2-3-9(12)8(10)6-13/h2-5H,1H3,(H,14,15). The average molecular weight is 281 g/mol. The third-order valence-corrected chi connectivity index (χ3v) is 3.64. The van der Waals surface area contributed by atoms with Crippen LogP contribution in [-0.4, -0.2) is 13.6 Å². The lowest BCUT2D eigenvalue weighted by molar-refractivity contribution is 0.400. The Morgan fingerprint density at radius 2 is 2.21 bits per heavy atom. The number of nitrogens with one attached hydrogen (secondary N) is 1. The lowest BCUT2D eigenvalue weighted by atomic mass is 10.2. The van der Waals surface area contributed by atoms with E-state index in [1.165, 1.54) is 18.2 Å². The van der Waals surface area contributed by atoms with Crippen molar-refractivity contribution >= 4 is 15.8 Å². The molecule has 1 aromatic carbocycles. The number of rotatable bonds is 3. The number of aryl methyl sites for hydroxylation is 1. The number of nitrogens with zero attached hydrogens (tertiary/aromatic N) is 2. The van der Waals surface area contributed by atoms with E-state index in [4.69, 9.17) is 9.78 Å². The first-order valence-corrected chi connectivity index (χ1v) is 6.57. The van der Waals surface area contributed by atoms with Crippen LogP contribution in [0.4, 0.5) is 10.2 Å². The fourth-order valence-corrected chi connectivity index (χ4v) is 2.60. The van der Waals surface area contributed by atoms with Crippen molar-refractivity contribution in [2.75, 3.05) is 4.72 Å². The van der Waals surface area contributed by atoms with Crippen molar-refractivity contribution in [2.45, 2.75) is 11.8 Å². The zero-order chi connectivity index (χ0) is 14.0. The highest BCUT2D eigenvalue weighted by molar-refractivity contribution is 7.92. The second kappa shape index (κ2) is 4.70. The number of sulfonamides is 1. The highest BCUT2D eigenvalue weighted by Crippen LogP contribution is 2.21. The minimum atomic E-state index is -4.10. The lowest BCUT2D eigenvalue weighted by Gasteiger charge is -2.06. The molecule has 0 saturated carbocycles. The van der Waals surface area contributed by atoms with Gasteiger partial charge in [0.15, 0.2) is 5.82 Å². The summed E-state index contributed by atoms with van der Waals surface area (Å²) in [6.45, 7) is 1.59. The van der Waals surface area contributed by atoms with Crippen molar-refractivity contribution < 1.29 is 17.3 Å². The van der Waals surface area contributed by atoms with E-state index in [2.05, 4.69) is 9.88 Å². The predicted molar refractivity (Wildman–Crippen MR) is 63.2 cm³/mol. The molecule has 0 bridgehead atoms. The minimum Gasteiger partial charge on any atom is -0.360 e. The van der Waals surface area contributed by atoms with Gasteiger partial charge in [0.1, 0.15) is 28.1 Å². The van der Waals surface area contributed by atoms with Gasteiger partial charge in [-0.05, 0) is 19.1 Å². The third-order valence-electron chi connectivity index (χ3n) is 2.24.